The molecule has 0 atom stereocenters. The number of carbonyl (C=O) groups excluding carboxylic acids is 1. The zero-order chi connectivity index (χ0) is 16.9. The van der Waals surface area contributed by atoms with E-state index >= 15 is 0 Å². The Morgan fingerprint density at radius 1 is 1.25 bits per heavy atom. The Morgan fingerprint density at radius 2 is 2.00 bits per heavy atom. The number of nitrogens with one attached hydrogen (secondary N) is 1. The third-order valence-electron chi connectivity index (χ3n) is 3.66. The molecule has 6 heteroatoms. The molecule has 24 heavy (non-hydrogen) atoms. The molecule has 3 rings (SSSR count). The van der Waals surface area contributed by atoms with Crippen molar-refractivity contribution in [2.75, 3.05) is 7.11 Å². The van der Waals surface area contributed by atoms with Crippen molar-refractivity contribution in [1.29, 1.82) is 0 Å². The largest absolute Gasteiger partial charge is 0.452 e. The molecule has 2 aromatic carbocycles. The summed E-state index contributed by atoms with van der Waals surface area (Å²) >= 11 is 6.27. The monoisotopic (exact) mass is 341 g/mol. The Bertz CT molecular complexity index is 902. The van der Waals surface area contributed by atoms with E-state index in [0.29, 0.717) is 6.54 Å². The number of carbonyl (C=O) groups is 1. The Kier molecular flexibility index (Phi) is 4.82. The van der Waals surface area contributed by atoms with Gasteiger partial charge in [0.1, 0.15) is 0 Å². The summed E-state index contributed by atoms with van der Waals surface area (Å²) in [7, 11) is 1.29. The number of para-hydroxylation sites is 1. The maximum absolute atomic E-state index is 11.1. The van der Waals surface area contributed by atoms with Crippen molar-refractivity contribution in [2.24, 2.45) is 5.10 Å². The molecule has 0 aliphatic heterocycles. The zero-order valence-electron chi connectivity index (χ0n) is 13.1. The summed E-state index contributed by atoms with van der Waals surface area (Å²) in [5.41, 5.74) is 5.29. The van der Waals surface area contributed by atoms with Crippen LogP contribution in [0.15, 0.2) is 59.8 Å². The van der Waals surface area contributed by atoms with Crippen LogP contribution in [0.5, 0.6) is 0 Å². The average Bonchev–Trinajstić information content (AvgIpc) is 2.95. The van der Waals surface area contributed by atoms with Gasteiger partial charge < -0.3 is 9.30 Å². The van der Waals surface area contributed by atoms with E-state index in [1.165, 1.54) is 7.11 Å². The first-order valence-electron chi connectivity index (χ1n) is 7.37. The van der Waals surface area contributed by atoms with Gasteiger partial charge in [-0.1, -0.05) is 48.0 Å². The Labute approximate surface area is 144 Å². The molecule has 0 spiro atoms. The number of nitrogens with zero attached hydrogens (tertiary/aromatic N) is 2. The van der Waals surface area contributed by atoms with Gasteiger partial charge in [-0.25, -0.2) is 10.2 Å². The van der Waals surface area contributed by atoms with Crippen LogP contribution in [0.3, 0.4) is 0 Å². The van der Waals surface area contributed by atoms with Crippen LogP contribution in [0.1, 0.15) is 11.1 Å². The number of methoxy groups -OCH3 is 1. The molecule has 0 fully saturated rings. The fraction of sp³-hybridized carbons (Fsp3) is 0.111. The van der Waals surface area contributed by atoms with Gasteiger partial charge in [0, 0.05) is 34.2 Å². The Morgan fingerprint density at radius 3 is 2.79 bits per heavy atom. The summed E-state index contributed by atoms with van der Waals surface area (Å²) in [6, 6.07) is 15.8. The number of aromatic nitrogens is 1. The van der Waals surface area contributed by atoms with Gasteiger partial charge in [0.2, 0.25) is 0 Å². The van der Waals surface area contributed by atoms with Crippen molar-refractivity contribution >= 4 is 34.8 Å². The number of rotatable bonds is 4. The molecule has 1 heterocycles. The van der Waals surface area contributed by atoms with Crippen molar-refractivity contribution in [3.05, 3.63) is 70.9 Å². The lowest BCUT2D eigenvalue weighted by atomic mass is 10.2. The van der Waals surface area contributed by atoms with E-state index in [1.807, 2.05) is 54.7 Å². The number of hydrazone groups is 1. The summed E-state index contributed by atoms with van der Waals surface area (Å²) in [5, 5.41) is 5.69. The highest BCUT2D eigenvalue weighted by Gasteiger charge is 2.08. The summed E-state index contributed by atoms with van der Waals surface area (Å²) in [6.45, 7) is 0.651. The second-order valence-corrected chi connectivity index (χ2v) is 5.59. The molecule has 0 bridgehead atoms. The molecule has 0 aliphatic rings. The van der Waals surface area contributed by atoms with E-state index in [1.54, 1.807) is 6.21 Å². The lowest BCUT2D eigenvalue weighted by Crippen LogP contribution is -2.16. The van der Waals surface area contributed by atoms with Crippen LogP contribution in [0, 0.1) is 0 Å². The smallest absolute Gasteiger partial charge is 0.427 e. The number of benzene rings is 2. The van der Waals surface area contributed by atoms with E-state index in [4.69, 9.17) is 11.6 Å². The van der Waals surface area contributed by atoms with Gasteiger partial charge in [-0.3, -0.25) is 0 Å². The molecule has 122 valence electrons. The molecule has 3 aromatic rings. The molecule has 1 amide bonds. The molecule has 5 nitrogen and oxygen atoms in total. The first-order chi connectivity index (χ1) is 11.7. The lowest BCUT2D eigenvalue weighted by Gasteiger charge is -2.07. The van der Waals surface area contributed by atoms with Crippen LogP contribution < -0.4 is 5.43 Å². The lowest BCUT2D eigenvalue weighted by molar-refractivity contribution is 0.171. The van der Waals surface area contributed by atoms with Gasteiger partial charge >= 0.3 is 6.09 Å². The quantitative estimate of drug-likeness (QED) is 0.575. The summed E-state index contributed by atoms with van der Waals surface area (Å²) in [5.74, 6) is 0. The van der Waals surface area contributed by atoms with Crippen molar-refractivity contribution in [1.82, 2.24) is 9.99 Å². The van der Waals surface area contributed by atoms with Crippen LogP contribution in [-0.4, -0.2) is 24.0 Å². The van der Waals surface area contributed by atoms with Gasteiger partial charge in [-0.2, -0.15) is 5.10 Å². The molecular weight excluding hydrogens is 326 g/mol. The zero-order valence-corrected chi connectivity index (χ0v) is 13.8. The minimum Gasteiger partial charge on any atom is -0.452 e. The SMILES string of the molecule is COC(=O)NN=Cc1cn(Cc2ccccc2Cl)c2ccccc12. The predicted molar refractivity (Wildman–Crippen MR) is 95.6 cm³/mol. The average molecular weight is 342 g/mol. The van der Waals surface area contributed by atoms with E-state index in [9.17, 15) is 4.79 Å². The summed E-state index contributed by atoms with van der Waals surface area (Å²) in [4.78, 5) is 11.1. The van der Waals surface area contributed by atoms with E-state index in [2.05, 4.69) is 19.8 Å². The van der Waals surface area contributed by atoms with E-state index in [0.717, 1.165) is 27.1 Å². The van der Waals surface area contributed by atoms with Crippen molar-refractivity contribution in [3.63, 3.8) is 0 Å². The van der Waals surface area contributed by atoms with Crippen molar-refractivity contribution < 1.29 is 9.53 Å². The standard InChI is InChI=1S/C18H16ClN3O2/c1-24-18(23)21-20-10-14-12-22(17-9-5-3-7-15(14)17)11-13-6-2-4-8-16(13)19/h2-10,12H,11H2,1H3,(H,21,23). The third kappa shape index (κ3) is 3.41. The van der Waals surface area contributed by atoms with Crippen LogP contribution >= 0.6 is 11.6 Å². The molecule has 0 radical (unpaired) electrons. The number of hydrogen-bond acceptors (Lipinski definition) is 3. The maximum atomic E-state index is 11.1. The topological polar surface area (TPSA) is 55.6 Å². The molecule has 1 aromatic heterocycles. The highest BCUT2D eigenvalue weighted by molar-refractivity contribution is 6.31. The maximum Gasteiger partial charge on any atom is 0.427 e. The Hall–Kier alpha value is -2.79. The van der Waals surface area contributed by atoms with E-state index < -0.39 is 6.09 Å². The fourth-order valence-corrected chi connectivity index (χ4v) is 2.71. The van der Waals surface area contributed by atoms with E-state index in [-0.39, 0.29) is 0 Å². The van der Waals surface area contributed by atoms with Crippen molar-refractivity contribution in [2.45, 2.75) is 6.54 Å². The second kappa shape index (κ2) is 7.19. The molecule has 0 saturated carbocycles. The molecular formula is C18H16ClN3O2. The van der Waals surface area contributed by atoms with Crippen LogP contribution in [0.25, 0.3) is 10.9 Å². The number of halogens is 1. The number of fused-ring (bicyclic) bond motifs is 1. The molecule has 1 N–H and O–H groups in total. The summed E-state index contributed by atoms with van der Waals surface area (Å²) < 4.78 is 6.60. The summed E-state index contributed by atoms with van der Waals surface area (Å²) in [6.07, 6.45) is 2.98. The van der Waals surface area contributed by atoms with Gasteiger partial charge in [0.15, 0.2) is 0 Å². The fourth-order valence-electron chi connectivity index (χ4n) is 2.52. The van der Waals surface area contributed by atoms with Gasteiger partial charge in [0.05, 0.1) is 13.3 Å². The van der Waals surface area contributed by atoms with Gasteiger partial charge in [0.25, 0.3) is 0 Å². The minimum atomic E-state index is -0.606. The normalized spacial score (nSPS) is 11.1. The van der Waals surface area contributed by atoms with Gasteiger partial charge in [-0.15, -0.1) is 0 Å². The highest BCUT2D eigenvalue weighted by atomic mass is 35.5. The predicted octanol–water partition coefficient (Wildman–Crippen LogP) is 4.03. The molecule has 0 unspecified atom stereocenters. The van der Waals surface area contributed by atoms with Gasteiger partial charge in [-0.05, 0) is 17.7 Å². The first-order valence-corrected chi connectivity index (χ1v) is 7.75. The first kappa shape index (κ1) is 16.1. The van der Waals surface area contributed by atoms with Crippen LogP contribution in [-0.2, 0) is 11.3 Å². The third-order valence-corrected chi connectivity index (χ3v) is 4.03. The number of ether oxygens (including phenoxy) is 1. The molecule has 0 aliphatic carbocycles. The van der Waals surface area contributed by atoms with Crippen LogP contribution in [0.4, 0.5) is 4.79 Å². The van der Waals surface area contributed by atoms with Crippen LogP contribution in [0.2, 0.25) is 5.02 Å². The number of amides is 1. The minimum absolute atomic E-state index is 0.606. The highest BCUT2D eigenvalue weighted by Crippen LogP contribution is 2.23. The Balaban J connectivity index is 1.94. The second-order valence-electron chi connectivity index (χ2n) is 5.18. The molecule has 0 saturated heterocycles. The van der Waals surface area contributed by atoms with Crippen molar-refractivity contribution in [3.8, 4) is 0 Å². The number of hydrogen-bond donors (Lipinski definition) is 1.